The Morgan fingerprint density at radius 1 is 0.938 bits per heavy atom. The van der Waals surface area contributed by atoms with E-state index in [1.54, 1.807) is 6.42 Å². The molecule has 0 unspecified atom stereocenters. The third-order valence-electron chi connectivity index (χ3n) is 5.86. The molecule has 1 aliphatic heterocycles. The van der Waals surface area contributed by atoms with Gasteiger partial charge in [-0.1, -0.05) is 22.6 Å². The molecular weight excluding hydrogens is 311 g/mol. The summed E-state index contributed by atoms with van der Waals surface area (Å²) in [6.45, 7) is 1.04. The van der Waals surface area contributed by atoms with Gasteiger partial charge in [-0.25, -0.2) is 0 Å². The molecule has 16 heavy (non-hydrogen) atoms. The molecule has 1 saturated heterocycles. The number of ether oxygens (including phenoxy) is 1. The van der Waals surface area contributed by atoms with Crippen LogP contribution < -0.4 is 0 Å². The molecular formula is C14H21IO. The molecule has 5 fully saturated rings. The van der Waals surface area contributed by atoms with E-state index in [4.69, 9.17) is 4.74 Å². The Bertz CT molecular complexity index is 273. The second-order valence-electron chi connectivity index (χ2n) is 6.70. The predicted molar refractivity (Wildman–Crippen MR) is 72.8 cm³/mol. The quantitative estimate of drug-likeness (QED) is 0.484. The number of rotatable bonds is 0. The van der Waals surface area contributed by atoms with Crippen LogP contribution in [0.4, 0.5) is 0 Å². The molecule has 4 bridgehead atoms. The standard InChI is InChI=1S/C14H21IO/c15-13-1-2-16-14(8-13)11-4-9-3-10(6-11)7-12(14)5-9/h9-13H,1-8H2/t9?,10?,11?,12?,13-,14?/m1/s1. The molecule has 0 aromatic heterocycles. The van der Waals surface area contributed by atoms with E-state index in [-0.39, 0.29) is 0 Å². The molecule has 0 amide bonds. The number of halogens is 1. The van der Waals surface area contributed by atoms with Gasteiger partial charge in [-0.3, -0.25) is 0 Å². The van der Waals surface area contributed by atoms with Crippen LogP contribution in [0.25, 0.3) is 0 Å². The van der Waals surface area contributed by atoms with E-state index in [9.17, 15) is 0 Å². The summed E-state index contributed by atoms with van der Waals surface area (Å²) in [5.74, 6) is 4.01. The fraction of sp³-hybridized carbons (Fsp3) is 1.00. The van der Waals surface area contributed by atoms with E-state index in [1.165, 1.54) is 38.5 Å². The van der Waals surface area contributed by atoms with Crippen LogP contribution in [0.5, 0.6) is 0 Å². The lowest BCUT2D eigenvalue weighted by Gasteiger charge is -2.62. The minimum absolute atomic E-state index is 0.345. The van der Waals surface area contributed by atoms with E-state index in [1.807, 2.05) is 0 Å². The van der Waals surface area contributed by atoms with Crippen LogP contribution in [0.2, 0.25) is 0 Å². The van der Waals surface area contributed by atoms with Crippen LogP contribution in [-0.2, 0) is 4.74 Å². The highest BCUT2D eigenvalue weighted by atomic mass is 127. The SMILES string of the molecule is I[C@@H]1CCOC2(C1)C1CC3CC(C1)CC2C3. The zero-order valence-corrected chi connectivity index (χ0v) is 12.0. The maximum absolute atomic E-state index is 6.41. The molecule has 5 rings (SSSR count). The van der Waals surface area contributed by atoms with Crippen molar-refractivity contribution in [2.75, 3.05) is 6.61 Å². The van der Waals surface area contributed by atoms with E-state index in [2.05, 4.69) is 22.6 Å². The second kappa shape index (κ2) is 3.59. The summed E-state index contributed by atoms with van der Waals surface area (Å²) in [6.07, 6.45) is 10.2. The van der Waals surface area contributed by atoms with Crippen LogP contribution in [0, 0.1) is 23.7 Å². The van der Waals surface area contributed by atoms with Crippen molar-refractivity contribution in [2.45, 2.75) is 54.5 Å². The first-order chi connectivity index (χ1) is 7.76. The van der Waals surface area contributed by atoms with Gasteiger partial charge in [0.15, 0.2) is 0 Å². The third-order valence-corrected chi connectivity index (χ3v) is 6.93. The van der Waals surface area contributed by atoms with Crippen molar-refractivity contribution in [3.8, 4) is 0 Å². The van der Waals surface area contributed by atoms with Crippen LogP contribution in [0.1, 0.15) is 44.9 Å². The van der Waals surface area contributed by atoms with Crippen molar-refractivity contribution in [3.63, 3.8) is 0 Å². The molecule has 0 aromatic carbocycles. The molecule has 5 aliphatic rings. The van der Waals surface area contributed by atoms with Crippen molar-refractivity contribution < 1.29 is 4.74 Å². The summed E-state index contributed by atoms with van der Waals surface area (Å²) in [5.41, 5.74) is 0.345. The van der Waals surface area contributed by atoms with Crippen molar-refractivity contribution in [1.82, 2.24) is 0 Å². The van der Waals surface area contributed by atoms with E-state index in [0.29, 0.717) is 5.60 Å². The molecule has 1 atom stereocenters. The lowest BCUT2D eigenvalue weighted by atomic mass is 9.48. The molecule has 4 aliphatic carbocycles. The Labute approximate surface area is 112 Å². The smallest absolute Gasteiger partial charge is 0.0748 e. The molecule has 2 heteroatoms. The normalized spacial score (nSPS) is 59.4. The Kier molecular flexibility index (Phi) is 2.38. The van der Waals surface area contributed by atoms with Gasteiger partial charge in [-0.05, 0) is 68.6 Å². The lowest BCUT2D eigenvalue weighted by molar-refractivity contribution is -0.218. The molecule has 0 radical (unpaired) electrons. The largest absolute Gasteiger partial charge is 0.374 e. The third kappa shape index (κ3) is 1.38. The molecule has 1 heterocycles. The molecule has 1 spiro atoms. The number of alkyl halides is 1. The van der Waals surface area contributed by atoms with Crippen LogP contribution in [-0.4, -0.2) is 16.1 Å². The fourth-order valence-electron chi connectivity index (χ4n) is 5.43. The highest BCUT2D eigenvalue weighted by molar-refractivity contribution is 14.1. The zero-order chi connectivity index (χ0) is 10.8. The van der Waals surface area contributed by atoms with Crippen LogP contribution in [0.15, 0.2) is 0 Å². The summed E-state index contributed by atoms with van der Waals surface area (Å²) in [6, 6.07) is 0. The maximum Gasteiger partial charge on any atom is 0.0748 e. The van der Waals surface area contributed by atoms with Gasteiger partial charge in [-0.2, -0.15) is 0 Å². The van der Waals surface area contributed by atoms with Gasteiger partial charge in [0, 0.05) is 10.5 Å². The fourth-order valence-corrected chi connectivity index (χ4v) is 6.38. The van der Waals surface area contributed by atoms with Crippen LogP contribution in [0.3, 0.4) is 0 Å². The zero-order valence-electron chi connectivity index (χ0n) is 9.83. The van der Waals surface area contributed by atoms with E-state index >= 15 is 0 Å². The monoisotopic (exact) mass is 332 g/mol. The molecule has 0 N–H and O–H groups in total. The van der Waals surface area contributed by atoms with Crippen molar-refractivity contribution >= 4 is 22.6 Å². The highest BCUT2D eigenvalue weighted by Crippen LogP contribution is 2.62. The first kappa shape index (κ1) is 10.6. The van der Waals surface area contributed by atoms with Gasteiger partial charge in [0.25, 0.3) is 0 Å². The Balaban J connectivity index is 1.67. The van der Waals surface area contributed by atoms with E-state index in [0.717, 1.165) is 34.2 Å². The van der Waals surface area contributed by atoms with E-state index < -0.39 is 0 Å². The van der Waals surface area contributed by atoms with Gasteiger partial charge in [0.1, 0.15) is 0 Å². The first-order valence-corrected chi connectivity index (χ1v) is 8.29. The maximum atomic E-state index is 6.41. The Hall–Kier alpha value is 0.690. The highest BCUT2D eigenvalue weighted by Gasteiger charge is 2.59. The lowest BCUT2D eigenvalue weighted by Crippen LogP contribution is -2.61. The average Bonchev–Trinajstić information content (AvgIpc) is 2.25. The minimum atomic E-state index is 0.345. The summed E-state index contributed by atoms with van der Waals surface area (Å²) in [7, 11) is 0. The molecule has 90 valence electrons. The summed E-state index contributed by atoms with van der Waals surface area (Å²) in [4.78, 5) is 0. The summed E-state index contributed by atoms with van der Waals surface area (Å²) >= 11 is 2.67. The summed E-state index contributed by atoms with van der Waals surface area (Å²) in [5, 5.41) is 0. The number of hydrogen-bond donors (Lipinski definition) is 0. The predicted octanol–water partition coefficient (Wildman–Crippen LogP) is 3.80. The Morgan fingerprint density at radius 3 is 2.12 bits per heavy atom. The van der Waals surface area contributed by atoms with Crippen molar-refractivity contribution in [2.24, 2.45) is 23.7 Å². The van der Waals surface area contributed by atoms with Gasteiger partial charge < -0.3 is 4.74 Å². The summed E-state index contributed by atoms with van der Waals surface area (Å²) < 4.78 is 7.29. The van der Waals surface area contributed by atoms with Gasteiger partial charge in [0.2, 0.25) is 0 Å². The topological polar surface area (TPSA) is 9.23 Å². The van der Waals surface area contributed by atoms with Gasteiger partial charge >= 0.3 is 0 Å². The number of hydrogen-bond acceptors (Lipinski definition) is 1. The van der Waals surface area contributed by atoms with Crippen molar-refractivity contribution in [3.05, 3.63) is 0 Å². The molecule has 1 nitrogen and oxygen atoms in total. The van der Waals surface area contributed by atoms with Crippen LogP contribution >= 0.6 is 22.6 Å². The van der Waals surface area contributed by atoms with Gasteiger partial charge in [0.05, 0.1) is 5.60 Å². The van der Waals surface area contributed by atoms with Gasteiger partial charge in [-0.15, -0.1) is 0 Å². The Morgan fingerprint density at radius 2 is 1.56 bits per heavy atom. The average molecular weight is 332 g/mol. The van der Waals surface area contributed by atoms with Crippen molar-refractivity contribution in [1.29, 1.82) is 0 Å². The molecule has 4 saturated carbocycles. The first-order valence-electron chi connectivity index (χ1n) is 7.04. The minimum Gasteiger partial charge on any atom is -0.374 e. The second-order valence-corrected chi connectivity index (χ2v) is 8.46. The molecule has 0 aromatic rings.